The van der Waals surface area contributed by atoms with Gasteiger partial charge in [-0.2, -0.15) is 0 Å². The third kappa shape index (κ3) is 3.37. The van der Waals surface area contributed by atoms with Crippen molar-refractivity contribution < 1.29 is 14.0 Å². The normalized spacial score (nSPS) is 21.2. The summed E-state index contributed by atoms with van der Waals surface area (Å²) in [7, 11) is 0. The number of imide groups is 1. The van der Waals surface area contributed by atoms with Crippen LogP contribution in [0, 0.1) is 5.82 Å². The molecule has 0 N–H and O–H groups in total. The van der Waals surface area contributed by atoms with Crippen molar-refractivity contribution >= 4 is 39.1 Å². The lowest BCUT2D eigenvalue weighted by Crippen LogP contribution is -2.52. The number of hydrogen-bond acceptors (Lipinski definition) is 4. The van der Waals surface area contributed by atoms with Gasteiger partial charge in [0.2, 0.25) is 5.91 Å². The van der Waals surface area contributed by atoms with Gasteiger partial charge < -0.3 is 4.90 Å². The van der Waals surface area contributed by atoms with Crippen LogP contribution in [0.1, 0.15) is 6.42 Å². The maximum absolute atomic E-state index is 14.0. The van der Waals surface area contributed by atoms with Crippen molar-refractivity contribution in [3.8, 4) is 0 Å². The first-order valence-electron chi connectivity index (χ1n) is 8.91. The van der Waals surface area contributed by atoms with Crippen LogP contribution in [0.2, 0.25) is 0 Å². The molecule has 0 saturated carbocycles. The van der Waals surface area contributed by atoms with Crippen LogP contribution in [0.25, 0.3) is 0 Å². The van der Waals surface area contributed by atoms with E-state index in [2.05, 4.69) is 15.9 Å². The van der Waals surface area contributed by atoms with Gasteiger partial charge >= 0.3 is 0 Å². The van der Waals surface area contributed by atoms with Gasteiger partial charge in [-0.15, -0.1) is 0 Å². The van der Waals surface area contributed by atoms with Crippen LogP contribution in [0.4, 0.5) is 15.8 Å². The molecule has 2 amide bonds. The molecule has 2 aromatic carbocycles. The van der Waals surface area contributed by atoms with E-state index in [1.807, 2.05) is 28.0 Å². The van der Waals surface area contributed by atoms with Crippen molar-refractivity contribution in [2.24, 2.45) is 0 Å². The highest BCUT2D eigenvalue weighted by atomic mass is 79.9. The molecule has 4 rings (SSSR count). The highest BCUT2D eigenvalue weighted by molar-refractivity contribution is 9.10. The van der Waals surface area contributed by atoms with Crippen molar-refractivity contribution in [2.75, 3.05) is 36.0 Å². The predicted octanol–water partition coefficient (Wildman–Crippen LogP) is 3.04. The Morgan fingerprint density at radius 1 is 0.889 bits per heavy atom. The monoisotopic (exact) mass is 431 g/mol. The number of piperazine rings is 1. The molecule has 2 aromatic rings. The number of para-hydroxylation sites is 2. The van der Waals surface area contributed by atoms with E-state index in [0.717, 1.165) is 4.47 Å². The molecule has 0 bridgehead atoms. The molecule has 140 valence electrons. The Labute approximate surface area is 165 Å². The average molecular weight is 432 g/mol. The lowest BCUT2D eigenvalue weighted by Gasteiger charge is -2.38. The number of anilines is 2. The van der Waals surface area contributed by atoms with E-state index in [4.69, 9.17) is 0 Å². The van der Waals surface area contributed by atoms with Crippen molar-refractivity contribution in [3.05, 3.63) is 58.8 Å². The molecule has 0 spiro atoms. The Bertz CT molecular complexity index is 883. The lowest BCUT2D eigenvalue weighted by atomic mass is 10.1. The maximum Gasteiger partial charge on any atom is 0.251 e. The average Bonchev–Trinajstić information content (AvgIpc) is 2.97. The number of benzene rings is 2. The lowest BCUT2D eigenvalue weighted by molar-refractivity contribution is -0.123. The predicted molar refractivity (Wildman–Crippen MR) is 105 cm³/mol. The summed E-state index contributed by atoms with van der Waals surface area (Å²) in [6.45, 7) is 2.46. The number of halogens is 2. The van der Waals surface area contributed by atoms with Crippen molar-refractivity contribution in [3.63, 3.8) is 0 Å². The summed E-state index contributed by atoms with van der Waals surface area (Å²) >= 11 is 3.42. The van der Waals surface area contributed by atoms with Gasteiger partial charge in [0.15, 0.2) is 0 Å². The molecule has 0 aliphatic carbocycles. The number of rotatable bonds is 3. The highest BCUT2D eigenvalue weighted by Crippen LogP contribution is 2.32. The SMILES string of the molecule is O=C1C[C@H](N2CCN(c3ccccc3F)CC2)C(=O)N1c1ccccc1Br. The maximum atomic E-state index is 14.0. The molecular formula is C20H19BrFN3O2. The Morgan fingerprint density at radius 2 is 1.52 bits per heavy atom. The number of carbonyl (C=O) groups excluding carboxylic acids is 2. The molecule has 0 radical (unpaired) electrons. The fourth-order valence-corrected chi connectivity index (χ4v) is 4.23. The number of nitrogens with zero attached hydrogens (tertiary/aromatic N) is 3. The van der Waals surface area contributed by atoms with E-state index in [1.54, 1.807) is 24.3 Å². The van der Waals surface area contributed by atoms with Gasteiger partial charge in [0.25, 0.3) is 5.91 Å². The zero-order valence-electron chi connectivity index (χ0n) is 14.6. The Morgan fingerprint density at radius 3 is 2.19 bits per heavy atom. The first-order valence-corrected chi connectivity index (χ1v) is 9.70. The Balaban J connectivity index is 1.46. The molecule has 2 saturated heterocycles. The molecule has 2 aliphatic heterocycles. The number of amides is 2. The molecule has 2 aliphatic rings. The summed E-state index contributed by atoms with van der Waals surface area (Å²) in [6, 6.07) is 13.5. The van der Waals surface area contributed by atoms with E-state index in [9.17, 15) is 14.0 Å². The van der Waals surface area contributed by atoms with Crippen LogP contribution in [-0.2, 0) is 9.59 Å². The second kappa shape index (κ2) is 7.40. The molecule has 27 heavy (non-hydrogen) atoms. The van der Waals surface area contributed by atoms with Gasteiger partial charge in [-0.05, 0) is 40.2 Å². The number of hydrogen-bond donors (Lipinski definition) is 0. The molecular weight excluding hydrogens is 413 g/mol. The summed E-state index contributed by atoms with van der Waals surface area (Å²) in [4.78, 5) is 30.8. The minimum absolute atomic E-state index is 0.180. The van der Waals surface area contributed by atoms with Gasteiger partial charge in [0.1, 0.15) is 5.82 Å². The quantitative estimate of drug-likeness (QED) is 0.700. The van der Waals surface area contributed by atoms with Gasteiger partial charge in [0, 0.05) is 30.7 Å². The highest BCUT2D eigenvalue weighted by Gasteiger charge is 2.43. The topological polar surface area (TPSA) is 43.9 Å². The van der Waals surface area contributed by atoms with Crippen LogP contribution in [0.15, 0.2) is 53.0 Å². The van der Waals surface area contributed by atoms with E-state index in [1.165, 1.54) is 11.0 Å². The van der Waals surface area contributed by atoms with Crippen LogP contribution in [0.5, 0.6) is 0 Å². The Kier molecular flexibility index (Phi) is 4.97. The Hall–Kier alpha value is -2.25. The molecule has 2 heterocycles. The molecule has 7 heteroatoms. The fourth-order valence-electron chi connectivity index (χ4n) is 3.77. The summed E-state index contributed by atoms with van der Waals surface area (Å²) < 4.78 is 14.7. The zero-order chi connectivity index (χ0) is 19.0. The van der Waals surface area contributed by atoms with Gasteiger partial charge in [-0.1, -0.05) is 24.3 Å². The summed E-state index contributed by atoms with van der Waals surface area (Å²) in [5.41, 5.74) is 1.17. The molecule has 2 fully saturated rings. The van der Waals surface area contributed by atoms with Crippen molar-refractivity contribution in [1.29, 1.82) is 0 Å². The van der Waals surface area contributed by atoms with E-state index < -0.39 is 6.04 Å². The third-order valence-electron chi connectivity index (χ3n) is 5.16. The van der Waals surface area contributed by atoms with E-state index in [-0.39, 0.29) is 24.1 Å². The summed E-state index contributed by atoms with van der Waals surface area (Å²) in [5.74, 6) is -0.613. The smallest absolute Gasteiger partial charge is 0.251 e. The second-order valence-electron chi connectivity index (χ2n) is 6.71. The first-order chi connectivity index (χ1) is 13.1. The standard InChI is InChI=1S/C20H19BrFN3O2/c21-14-5-1-3-7-16(14)25-19(26)13-18(20(25)27)24-11-9-23(10-12-24)17-8-4-2-6-15(17)22/h1-8,18H,9-13H2/t18-/m0/s1. The van der Waals surface area contributed by atoms with E-state index in [0.29, 0.717) is 37.6 Å². The largest absolute Gasteiger partial charge is 0.367 e. The minimum Gasteiger partial charge on any atom is -0.367 e. The summed E-state index contributed by atoms with van der Waals surface area (Å²) in [6.07, 6.45) is 0.180. The fraction of sp³-hybridized carbons (Fsp3) is 0.300. The van der Waals surface area contributed by atoms with Gasteiger partial charge in [-0.3, -0.25) is 14.5 Å². The van der Waals surface area contributed by atoms with Gasteiger partial charge in [0.05, 0.1) is 23.8 Å². The van der Waals surface area contributed by atoms with Crippen molar-refractivity contribution in [2.45, 2.75) is 12.5 Å². The molecule has 0 unspecified atom stereocenters. The second-order valence-corrected chi connectivity index (χ2v) is 7.57. The number of carbonyl (C=O) groups is 2. The molecule has 0 aromatic heterocycles. The van der Waals surface area contributed by atoms with Crippen LogP contribution >= 0.6 is 15.9 Å². The van der Waals surface area contributed by atoms with Crippen LogP contribution in [0.3, 0.4) is 0 Å². The summed E-state index contributed by atoms with van der Waals surface area (Å²) in [5, 5.41) is 0. The minimum atomic E-state index is -0.452. The third-order valence-corrected chi connectivity index (χ3v) is 5.83. The zero-order valence-corrected chi connectivity index (χ0v) is 16.2. The van der Waals surface area contributed by atoms with Gasteiger partial charge in [-0.25, -0.2) is 9.29 Å². The van der Waals surface area contributed by atoms with E-state index >= 15 is 0 Å². The van der Waals surface area contributed by atoms with Crippen LogP contribution in [-0.4, -0.2) is 48.9 Å². The molecule has 1 atom stereocenters. The van der Waals surface area contributed by atoms with Crippen LogP contribution < -0.4 is 9.80 Å². The molecule has 5 nitrogen and oxygen atoms in total. The van der Waals surface area contributed by atoms with Crippen molar-refractivity contribution in [1.82, 2.24) is 4.90 Å². The first kappa shape index (κ1) is 18.1.